The Balaban J connectivity index is 2.34. The van der Waals surface area contributed by atoms with Crippen LogP contribution in [0.3, 0.4) is 0 Å². The highest BCUT2D eigenvalue weighted by molar-refractivity contribution is 5.90. The van der Waals surface area contributed by atoms with Gasteiger partial charge in [0, 0.05) is 0 Å². The fraction of sp³-hybridized carbons (Fsp3) is 0.111. The van der Waals surface area contributed by atoms with Gasteiger partial charge in [0.25, 0.3) is 0 Å². The van der Waals surface area contributed by atoms with Gasteiger partial charge in [-0.25, -0.2) is 4.79 Å². The zero-order chi connectivity index (χ0) is 18.4. The Morgan fingerprint density at radius 1 is 1.12 bits per heavy atom. The fourth-order valence-corrected chi connectivity index (χ4v) is 1.98. The fourth-order valence-electron chi connectivity index (χ4n) is 1.98. The van der Waals surface area contributed by atoms with Crippen molar-refractivity contribution in [1.29, 1.82) is 5.26 Å². The van der Waals surface area contributed by atoms with Crippen LogP contribution in [0.1, 0.15) is 11.1 Å². The largest absolute Gasteiger partial charge is 0.493 e. The number of carbonyl (C=O) groups is 1. The van der Waals surface area contributed by atoms with Crippen molar-refractivity contribution in [2.24, 2.45) is 0 Å². The molecule has 0 heterocycles. The van der Waals surface area contributed by atoms with Crippen molar-refractivity contribution < 1.29 is 27.4 Å². The molecule has 0 aromatic heterocycles. The number of carbonyl (C=O) groups excluding carboxylic acids is 1. The van der Waals surface area contributed by atoms with E-state index in [1.165, 1.54) is 25.3 Å². The summed E-state index contributed by atoms with van der Waals surface area (Å²) >= 11 is 0. The molecular weight excluding hydrogens is 335 g/mol. The van der Waals surface area contributed by atoms with E-state index >= 15 is 0 Å². The summed E-state index contributed by atoms with van der Waals surface area (Å²) in [5.74, 6) is -2.76. The first-order valence-corrected chi connectivity index (χ1v) is 6.99. The normalized spacial score (nSPS) is 11.6. The van der Waals surface area contributed by atoms with Gasteiger partial charge in [-0.2, -0.15) is 18.4 Å². The van der Waals surface area contributed by atoms with E-state index in [9.17, 15) is 23.2 Å². The molecule has 7 heteroatoms. The standard InChI is InChI=1S/C18H12F3NO3/c1-24-16-10-12(7-8-15(16)25-17(23)18(19,20)21)9-14(11-22)13-5-3-2-4-6-13/h2-10H,1H3/b14-9-. The summed E-state index contributed by atoms with van der Waals surface area (Å²) in [5.41, 5.74) is 1.56. The number of nitrogens with zero attached hydrogens (tertiary/aromatic N) is 1. The summed E-state index contributed by atoms with van der Waals surface area (Å²) < 4.78 is 46.1. The van der Waals surface area contributed by atoms with Crippen molar-refractivity contribution in [3.63, 3.8) is 0 Å². The van der Waals surface area contributed by atoms with Crippen LogP contribution < -0.4 is 9.47 Å². The Morgan fingerprint density at radius 2 is 1.80 bits per heavy atom. The van der Waals surface area contributed by atoms with E-state index in [1.54, 1.807) is 30.3 Å². The van der Waals surface area contributed by atoms with E-state index in [4.69, 9.17) is 4.74 Å². The lowest BCUT2D eigenvalue weighted by Crippen LogP contribution is -2.28. The number of halogens is 3. The molecule has 0 N–H and O–H groups in total. The third-order valence-electron chi connectivity index (χ3n) is 3.14. The van der Waals surface area contributed by atoms with Crippen molar-refractivity contribution in [1.82, 2.24) is 0 Å². The van der Waals surface area contributed by atoms with Crippen molar-refractivity contribution >= 4 is 17.6 Å². The Hall–Kier alpha value is -3.27. The van der Waals surface area contributed by atoms with Gasteiger partial charge in [-0.15, -0.1) is 0 Å². The zero-order valence-electron chi connectivity index (χ0n) is 13.0. The first kappa shape index (κ1) is 18.1. The van der Waals surface area contributed by atoms with Crippen LogP contribution in [-0.2, 0) is 4.79 Å². The second kappa shape index (κ2) is 7.53. The molecule has 0 aliphatic rings. The molecule has 0 fully saturated rings. The topological polar surface area (TPSA) is 59.3 Å². The summed E-state index contributed by atoms with van der Waals surface area (Å²) in [7, 11) is 1.23. The molecule has 0 saturated carbocycles. The molecule has 0 amide bonds. The molecule has 0 saturated heterocycles. The Morgan fingerprint density at radius 3 is 2.36 bits per heavy atom. The molecule has 25 heavy (non-hydrogen) atoms. The van der Waals surface area contributed by atoms with Crippen LogP contribution in [0, 0.1) is 11.3 Å². The van der Waals surface area contributed by atoms with Gasteiger partial charge < -0.3 is 9.47 Å². The molecule has 0 atom stereocenters. The number of nitriles is 1. The second-order valence-corrected chi connectivity index (χ2v) is 4.83. The molecule has 4 nitrogen and oxygen atoms in total. The van der Waals surface area contributed by atoms with Crippen molar-refractivity contribution in [2.75, 3.05) is 7.11 Å². The predicted octanol–water partition coefficient (Wildman–Crippen LogP) is 4.23. The number of benzene rings is 2. The van der Waals surface area contributed by atoms with Gasteiger partial charge in [0.1, 0.15) is 0 Å². The van der Waals surface area contributed by atoms with E-state index < -0.39 is 12.1 Å². The highest BCUT2D eigenvalue weighted by atomic mass is 19.4. The van der Waals surface area contributed by atoms with Crippen LogP contribution >= 0.6 is 0 Å². The summed E-state index contributed by atoms with van der Waals surface area (Å²) in [6.45, 7) is 0. The monoisotopic (exact) mass is 347 g/mol. The summed E-state index contributed by atoms with van der Waals surface area (Å²) in [5, 5.41) is 9.29. The SMILES string of the molecule is COc1cc(/C=C(/C#N)c2ccccc2)ccc1OC(=O)C(F)(F)F. The number of ether oxygens (including phenoxy) is 2. The smallest absolute Gasteiger partial charge is 0.491 e. The van der Waals surface area contributed by atoms with Gasteiger partial charge in [0.2, 0.25) is 0 Å². The van der Waals surface area contributed by atoms with Crippen LogP contribution in [0.25, 0.3) is 11.6 Å². The molecule has 0 aliphatic carbocycles. The van der Waals surface area contributed by atoms with Crippen LogP contribution in [0.5, 0.6) is 11.5 Å². The minimum atomic E-state index is -5.11. The van der Waals surface area contributed by atoms with E-state index in [2.05, 4.69) is 10.8 Å². The van der Waals surface area contributed by atoms with Gasteiger partial charge in [0.05, 0.1) is 18.8 Å². The maximum Gasteiger partial charge on any atom is 0.491 e. The number of allylic oxidation sites excluding steroid dienone is 1. The molecular formula is C18H12F3NO3. The van der Waals surface area contributed by atoms with Crippen LogP contribution in [0.4, 0.5) is 13.2 Å². The molecule has 0 spiro atoms. The Kier molecular flexibility index (Phi) is 5.45. The molecule has 0 aliphatic heterocycles. The first-order valence-electron chi connectivity index (χ1n) is 6.99. The molecule has 0 unspecified atom stereocenters. The lowest BCUT2D eigenvalue weighted by molar-refractivity contribution is -0.189. The van der Waals surface area contributed by atoms with Gasteiger partial charge in [-0.1, -0.05) is 36.4 Å². The molecule has 0 radical (unpaired) electrons. The Labute approximate surface area is 141 Å². The molecule has 2 aromatic carbocycles. The lowest BCUT2D eigenvalue weighted by atomic mass is 10.0. The number of rotatable bonds is 4. The zero-order valence-corrected chi connectivity index (χ0v) is 13.0. The lowest BCUT2D eigenvalue weighted by Gasteiger charge is -2.11. The van der Waals surface area contributed by atoms with E-state index in [0.717, 1.165) is 0 Å². The predicted molar refractivity (Wildman–Crippen MR) is 84.6 cm³/mol. The minimum absolute atomic E-state index is 0.0586. The van der Waals surface area contributed by atoms with E-state index in [0.29, 0.717) is 16.7 Å². The first-order chi connectivity index (χ1) is 11.8. The number of esters is 1. The summed E-state index contributed by atoms with van der Waals surface area (Å²) in [4.78, 5) is 10.9. The highest BCUT2D eigenvalue weighted by Crippen LogP contribution is 2.31. The number of methoxy groups -OCH3 is 1. The molecule has 128 valence electrons. The second-order valence-electron chi connectivity index (χ2n) is 4.83. The number of alkyl halides is 3. The summed E-state index contributed by atoms with van der Waals surface area (Å²) in [6, 6.07) is 14.9. The summed E-state index contributed by atoms with van der Waals surface area (Å²) in [6.07, 6.45) is -3.56. The molecule has 2 rings (SSSR count). The van der Waals surface area contributed by atoms with Gasteiger partial charge in [-0.3, -0.25) is 0 Å². The average Bonchev–Trinajstić information content (AvgIpc) is 2.60. The molecule has 0 bridgehead atoms. The van der Waals surface area contributed by atoms with Crippen LogP contribution in [0.2, 0.25) is 0 Å². The maximum atomic E-state index is 12.3. The van der Waals surface area contributed by atoms with Gasteiger partial charge in [-0.05, 0) is 29.3 Å². The number of hydrogen-bond donors (Lipinski definition) is 0. The highest BCUT2D eigenvalue weighted by Gasteiger charge is 2.41. The number of hydrogen-bond acceptors (Lipinski definition) is 4. The van der Waals surface area contributed by atoms with Gasteiger partial charge >= 0.3 is 12.1 Å². The third kappa shape index (κ3) is 4.61. The van der Waals surface area contributed by atoms with Gasteiger partial charge in [0.15, 0.2) is 11.5 Å². The van der Waals surface area contributed by atoms with Crippen LogP contribution in [0.15, 0.2) is 48.5 Å². The van der Waals surface area contributed by atoms with Crippen LogP contribution in [-0.4, -0.2) is 19.3 Å². The Bertz CT molecular complexity index is 837. The molecule has 2 aromatic rings. The van der Waals surface area contributed by atoms with E-state index in [-0.39, 0.29) is 11.5 Å². The van der Waals surface area contributed by atoms with Crippen molar-refractivity contribution in [3.8, 4) is 17.6 Å². The van der Waals surface area contributed by atoms with Crippen molar-refractivity contribution in [3.05, 3.63) is 59.7 Å². The third-order valence-corrected chi connectivity index (χ3v) is 3.14. The minimum Gasteiger partial charge on any atom is -0.493 e. The quantitative estimate of drug-likeness (QED) is 0.359. The van der Waals surface area contributed by atoms with Crippen molar-refractivity contribution in [2.45, 2.75) is 6.18 Å². The average molecular weight is 347 g/mol. The van der Waals surface area contributed by atoms with E-state index in [1.807, 2.05) is 6.07 Å². The maximum absolute atomic E-state index is 12.3.